The molecule has 6 heteroatoms. The smallest absolute Gasteiger partial charge is 0.517 e. The van der Waals surface area contributed by atoms with E-state index in [2.05, 4.69) is 0 Å². The number of carbonyl (C=O) groups excluding carboxylic acids is 1. The number of anilines is 1. The van der Waals surface area contributed by atoms with Crippen LogP contribution in [0.4, 0.5) is 10.6 Å². The van der Waals surface area contributed by atoms with E-state index in [1.807, 2.05) is 6.07 Å². The van der Waals surface area contributed by atoms with Gasteiger partial charge < -0.3 is 27.2 Å². The molecule has 0 radical (unpaired) electrons. The lowest BCUT2D eigenvalue weighted by Gasteiger charge is -2.02. The molecule has 1 aromatic carbocycles. The van der Waals surface area contributed by atoms with Gasteiger partial charge in [0.2, 0.25) is 0 Å². The summed E-state index contributed by atoms with van der Waals surface area (Å²) in [6, 6.07) is 13.9. The average Bonchev–Trinajstić information content (AvgIpc) is 2.31. The van der Waals surface area contributed by atoms with Gasteiger partial charge in [0.1, 0.15) is 11.9 Å². The Bertz CT molecular complexity index is 506. The molecular weight excluding hydrogens is 300 g/mol. The molecule has 2 rings (SSSR count). The lowest BCUT2D eigenvalue weighted by molar-refractivity contribution is -0.566. The third-order valence-corrected chi connectivity index (χ3v) is 2.04. The van der Waals surface area contributed by atoms with Gasteiger partial charge in [0, 0.05) is 6.07 Å². The van der Waals surface area contributed by atoms with E-state index in [1.54, 1.807) is 48.7 Å². The predicted molar refractivity (Wildman–Crippen MR) is 62.5 cm³/mol. The van der Waals surface area contributed by atoms with Crippen LogP contribution in [0.25, 0.3) is 0 Å². The molecule has 2 aromatic rings. The molecule has 0 spiro atoms. The number of aromatic nitrogens is 1. The van der Waals surface area contributed by atoms with Gasteiger partial charge in [-0.3, -0.25) is 5.73 Å². The summed E-state index contributed by atoms with van der Waals surface area (Å²) < 4.78 is 6.37. The van der Waals surface area contributed by atoms with E-state index in [4.69, 9.17) is 10.5 Å². The van der Waals surface area contributed by atoms with Crippen LogP contribution >= 0.6 is 0 Å². The fourth-order valence-corrected chi connectivity index (χ4v) is 1.26. The largest absolute Gasteiger partial charge is 1.00 e. The Kier molecular flexibility index (Phi) is 6.62. The van der Waals surface area contributed by atoms with E-state index in [1.165, 1.54) is 4.57 Å². The molecule has 96 valence electrons. The van der Waals surface area contributed by atoms with Gasteiger partial charge in [-0.2, -0.15) is 4.79 Å². The molecule has 0 aliphatic rings. The summed E-state index contributed by atoms with van der Waals surface area (Å²) in [5.41, 5.74) is 5.64. The van der Waals surface area contributed by atoms with Crippen molar-refractivity contribution in [3.63, 3.8) is 0 Å². The molecule has 5 nitrogen and oxygen atoms in total. The van der Waals surface area contributed by atoms with Crippen LogP contribution < -0.4 is 32.0 Å². The molecule has 0 amide bonds. The summed E-state index contributed by atoms with van der Waals surface area (Å²) in [4.78, 5) is 11.7. The number of para-hydroxylation sites is 1. The lowest BCUT2D eigenvalue weighted by Crippen LogP contribution is -3.00. The number of pyridine rings is 1. The number of hydrogen-bond acceptors (Lipinski definition) is 3. The van der Waals surface area contributed by atoms with Crippen molar-refractivity contribution in [1.29, 1.82) is 0 Å². The summed E-state index contributed by atoms with van der Waals surface area (Å²) in [5.74, 6) is 0.826. The molecule has 0 fully saturated rings. The van der Waals surface area contributed by atoms with Crippen LogP contribution in [0.3, 0.4) is 0 Å². The molecule has 0 aliphatic heterocycles. The topological polar surface area (TPSA) is 87.7 Å². The average molecular weight is 313 g/mol. The minimum absolute atomic E-state index is 0. The normalized spacial score (nSPS) is 8.67. The van der Waals surface area contributed by atoms with Crippen molar-refractivity contribution in [2.45, 2.75) is 0 Å². The Morgan fingerprint density at radius 3 is 2.28 bits per heavy atom. The Morgan fingerprint density at radius 1 is 1.06 bits per heavy atom. The summed E-state index contributed by atoms with van der Waals surface area (Å²) >= 11 is 0. The monoisotopic (exact) mass is 312 g/mol. The number of nitrogens with zero attached hydrogens (tertiary/aromatic N) is 1. The maximum atomic E-state index is 11.7. The summed E-state index contributed by atoms with van der Waals surface area (Å²) in [7, 11) is 0. The van der Waals surface area contributed by atoms with Gasteiger partial charge in [-0.1, -0.05) is 24.3 Å². The van der Waals surface area contributed by atoms with Crippen molar-refractivity contribution in [1.82, 2.24) is 0 Å². The second kappa shape index (κ2) is 7.41. The van der Waals surface area contributed by atoms with E-state index in [-0.39, 0.29) is 22.5 Å². The highest BCUT2D eigenvalue weighted by atomic mass is 79.9. The molecule has 1 aromatic heterocycles. The number of nitrogens with two attached hydrogens (primary N) is 1. The highest BCUT2D eigenvalue weighted by Gasteiger charge is 2.15. The zero-order valence-electron chi connectivity index (χ0n) is 9.42. The molecule has 0 unspecified atom stereocenters. The first-order valence-corrected chi connectivity index (χ1v) is 4.81. The number of halogens is 1. The van der Waals surface area contributed by atoms with Crippen LogP contribution in [0.2, 0.25) is 0 Å². The Hall–Kier alpha value is -1.92. The van der Waals surface area contributed by atoms with Crippen LogP contribution in [0.15, 0.2) is 54.7 Å². The quantitative estimate of drug-likeness (QED) is 0.605. The standard InChI is InChI=1S/C12H10N2O2.BrH.H2O/c13-11-8-4-5-9-14(11)12(15)16-10-6-2-1-3-7-10;;/h1-9,13H;1H;1H2. The van der Waals surface area contributed by atoms with Gasteiger partial charge >= 0.3 is 6.09 Å². The van der Waals surface area contributed by atoms with Gasteiger partial charge in [-0.15, -0.1) is 4.57 Å². The first kappa shape index (κ1) is 16.1. The number of carbonyl (C=O) groups is 1. The first-order chi connectivity index (χ1) is 7.77. The molecule has 0 atom stereocenters. The summed E-state index contributed by atoms with van der Waals surface area (Å²) in [6.45, 7) is 0. The highest BCUT2D eigenvalue weighted by molar-refractivity contribution is 5.62. The third-order valence-electron chi connectivity index (χ3n) is 2.04. The number of rotatable bonds is 1. The minimum Gasteiger partial charge on any atom is -1.00 e. The van der Waals surface area contributed by atoms with Gasteiger partial charge in [0.15, 0.2) is 0 Å². The zero-order valence-corrected chi connectivity index (χ0v) is 11.0. The second-order valence-corrected chi connectivity index (χ2v) is 3.18. The van der Waals surface area contributed by atoms with Crippen molar-refractivity contribution in [2.24, 2.45) is 0 Å². The molecular formula is C12H13BrN2O3. The van der Waals surface area contributed by atoms with Crippen LogP contribution in [0, 0.1) is 0 Å². The second-order valence-electron chi connectivity index (χ2n) is 3.18. The molecule has 0 aliphatic carbocycles. The fourth-order valence-electron chi connectivity index (χ4n) is 1.26. The number of hydrogen-bond donors (Lipinski definition) is 1. The van der Waals surface area contributed by atoms with Crippen LogP contribution in [0.5, 0.6) is 5.75 Å². The van der Waals surface area contributed by atoms with Crippen molar-refractivity contribution >= 4 is 11.9 Å². The van der Waals surface area contributed by atoms with E-state index < -0.39 is 6.09 Å². The van der Waals surface area contributed by atoms with Crippen molar-refractivity contribution in [3.8, 4) is 5.75 Å². The Labute approximate surface area is 115 Å². The van der Waals surface area contributed by atoms with Crippen LogP contribution in [-0.4, -0.2) is 11.6 Å². The molecule has 18 heavy (non-hydrogen) atoms. The number of ether oxygens (including phenoxy) is 1. The molecule has 0 saturated heterocycles. The predicted octanol–water partition coefficient (Wildman–Crippen LogP) is -2.22. The highest BCUT2D eigenvalue weighted by Crippen LogP contribution is 2.08. The van der Waals surface area contributed by atoms with E-state index in [0.717, 1.165) is 0 Å². The SMILES string of the molecule is Nc1cccc[n+]1C(=O)Oc1ccccc1.O.[Br-]. The first-order valence-electron chi connectivity index (χ1n) is 4.81. The molecule has 4 N–H and O–H groups in total. The van der Waals surface area contributed by atoms with Crippen LogP contribution in [-0.2, 0) is 0 Å². The number of nitrogen functional groups attached to an aromatic ring is 1. The van der Waals surface area contributed by atoms with Gasteiger partial charge in [0.25, 0.3) is 5.82 Å². The maximum absolute atomic E-state index is 11.7. The molecule has 0 saturated carbocycles. The molecule has 0 bridgehead atoms. The van der Waals surface area contributed by atoms with Crippen LogP contribution in [0.1, 0.15) is 0 Å². The fraction of sp³-hybridized carbons (Fsp3) is 0. The lowest BCUT2D eigenvalue weighted by atomic mass is 10.3. The zero-order chi connectivity index (χ0) is 11.4. The number of benzene rings is 1. The Morgan fingerprint density at radius 2 is 1.67 bits per heavy atom. The summed E-state index contributed by atoms with van der Waals surface area (Å²) in [6.07, 6.45) is 1.03. The van der Waals surface area contributed by atoms with Crippen molar-refractivity contribution in [3.05, 3.63) is 54.7 Å². The Balaban J connectivity index is 0.00000144. The minimum atomic E-state index is -0.524. The van der Waals surface area contributed by atoms with Gasteiger partial charge in [-0.05, 0) is 18.2 Å². The molecule has 1 heterocycles. The third kappa shape index (κ3) is 3.83. The van der Waals surface area contributed by atoms with Gasteiger partial charge in [-0.25, -0.2) is 0 Å². The van der Waals surface area contributed by atoms with Crippen molar-refractivity contribution < 1.29 is 36.6 Å². The van der Waals surface area contributed by atoms with E-state index in [9.17, 15) is 4.79 Å². The maximum Gasteiger partial charge on any atom is 0.517 e. The van der Waals surface area contributed by atoms with E-state index in [0.29, 0.717) is 11.6 Å². The van der Waals surface area contributed by atoms with Gasteiger partial charge in [0.05, 0.1) is 0 Å². The van der Waals surface area contributed by atoms with Crippen molar-refractivity contribution in [2.75, 3.05) is 5.73 Å². The van der Waals surface area contributed by atoms with E-state index >= 15 is 0 Å². The summed E-state index contributed by atoms with van der Waals surface area (Å²) in [5, 5.41) is 0.